The van der Waals surface area contributed by atoms with Gasteiger partial charge >= 0.3 is 0 Å². The quantitative estimate of drug-likeness (QED) is 0.777. The molecule has 1 aliphatic heterocycles. The molecule has 3 heterocycles. The Morgan fingerprint density at radius 1 is 1.14 bits per heavy atom. The molecular formula is C14H15BrFN5. The minimum absolute atomic E-state index is 0.291. The predicted molar refractivity (Wildman–Crippen MR) is 82.9 cm³/mol. The number of rotatable bonds is 2. The molecule has 0 spiro atoms. The van der Waals surface area contributed by atoms with E-state index in [1.165, 1.54) is 6.07 Å². The molecule has 1 aliphatic rings. The van der Waals surface area contributed by atoms with E-state index in [1.54, 1.807) is 24.7 Å². The Morgan fingerprint density at radius 2 is 2.00 bits per heavy atom. The van der Waals surface area contributed by atoms with Crippen molar-refractivity contribution >= 4 is 27.4 Å². The fraction of sp³-hybridized carbons (Fsp3) is 0.357. The average Bonchev–Trinajstić information content (AvgIpc) is 2.49. The number of piperazine rings is 1. The molecule has 7 heteroatoms. The van der Waals surface area contributed by atoms with Crippen LogP contribution in [0, 0.1) is 5.95 Å². The van der Waals surface area contributed by atoms with Gasteiger partial charge in [-0.3, -0.25) is 0 Å². The Kier molecular flexibility index (Phi) is 4.01. The highest BCUT2D eigenvalue weighted by Crippen LogP contribution is 2.22. The summed E-state index contributed by atoms with van der Waals surface area (Å²) in [5.74, 6) is 0.429. The highest BCUT2D eigenvalue weighted by molar-refractivity contribution is 9.10. The SMILES string of the molecule is C[C@H]1CN(c2ccc(F)nc2)CCN1c1cnc(Br)cn1. The van der Waals surface area contributed by atoms with E-state index in [0.29, 0.717) is 6.04 Å². The molecule has 0 radical (unpaired) electrons. The number of anilines is 2. The molecule has 0 bridgehead atoms. The van der Waals surface area contributed by atoms with E-state index >= 15 is 0 Å². The number of aromatic nitrogens is 3. The second kappa shape index (κ2) is 5.93. The molecule has 0 amide bonds. The van der Waals surface area contributed by atoms with Crippen molar-refractivity contribution in [3.05, 3.63) is 41.3 Å². The topological polar surface area (TPSA) is 45.2 Å². The van der Waals surface area contributed by atoms with Crippen LogP contribution in [-0.2, 0) is 0 Å². The van der Waals surface area contributed by atoms with Gasteiger partial charge in [-0.2, -0.15) is 4.39 Å². The van der Waals surface area contributed by atoms with Gasteiger partial charge in [0.05, 0.1) is 24.3 Å². The van der Waals surface area contributed by atoms with Gasteiger partial charge in [-0.15, -0.1) is 0 Å². The van der Waals surface area contributed by atoms with Crippen LogP contribution < -0.4 is 9.80 Å². The lowest BCUT2D eigenvalue weighted by atomic mass is 10.2. The van der Waals surface area contributed by atoms with Gasteiger partial charge in [0, 0.05) is 25.7 Å². The van der Waals surface area contributed by atoms with Crippen molar-refractivity contribution in [3.8, 4) is 0 Å². The molecule has 1 saturated heterocycles. The van der Waals surface area contributed by atoms with E-state index in [0.717, 1.165) is 35.7 Å². The summed E-state index contributed by atoms with van der Waals surface area (Å²) in [5, 5.41) is 0. The van der Waals surface area contributed by atoms with Crippen molar-refractivity contribution in [1.29, 1.82) is 0 Å². The molecule has 21 heavy (non-hydrogen) atoms. The predicted octanol–water partition coefficient (Wildman–Crippen LogP) is 2.49. The highest BCUT2D eigenvalue weighted by atomic mass is 79.9. The van der Waals surface area contributed by atoms with E-state index in [9.17, 15) is 4.39 Å². The van der Waals surface area contributed by atoms with Crippen LogP contribution in [0.1, 0.15) is 6.92 Å². The largest absolute Gasteiger partial charge is 0.366 e. The highest BCUT2D eigenvalue weighted by Gasteiger charge is 2.25. The van der Waals surface area contributed by atoms with Gasteiger partial charge < -0.3 is 9.80 Å². The van der Waals surface area contributed by atoms with Crippen molar-refractivity contribution in [1.82, 2.24) is 15.0 Å². The van der Waals surface area contributed by atoms with E-state index in [4.69, 9.17) is 0 Å². The van der Waals surface area contributed by atoms with Gasteiger partial charge in [0.1, 0.15) is 10.4 Å². The van der Waals surface area contributed by atoms with Gasteiger partial charge in [0.2, 0.25) is 5.95 Å². The van der Waals surface area contributed by atoms with Crippen molar-refractivity contribution in [3.63, 3.8) is 0 Å². The molecule has 1 fully saturated rings. The third-order valence-electron chi connectivity index (χ3n) is 3.61. The van der Waals surface area contributed by atoms with E-state index in [2.05, 4.69) is 47.6 Å². The maximum atomic E-state index is 12.9. The minimum atomic E-state index is -0.449. The second-order valence-corrected chi connectivity index (χ2v) is 5.84. The van der Waals surface area contributed by atoms with Crippen molar-refractivity contribution < 1.29 is 4.39 Å². The Morgan fingerprint density at radius 3 is 2.62 bits per heavy atom. The van der Waals surface area contributed by atoms with Crippen LogP contribution in [0.25, 0.3) is 0 Å². The van der Waals surface area contributed by atoms with Gasteiger partial charge in [-0.25, -0.2) is 15.0 Å². The van der Waals surface area contributed by atoms with Gasteiger partial charge in [-0.1, -0.05) is 0 Å². The Balaban J connectivity index is 1.72. The number of hydrogen-bond donors (Lipinski definition) is 0. The van der Waals surface area contributed by atoms with E-state index in [1.807, 2.05) is 0 Å². The molecular weight excluding hydrogens is 337 g/mol. The van der Waals surface area contributed by atoms with Crippen molar-refractivity contribution in [2.24, 2.45) is 0 Å². The van der Waals surface area contributed by atoms with Crippen molar-refractivity contribution in [2.45, 2.75) is 13.0 Å². The first-order valence-electron chi connectivity index (χ1n) is 6.74. The van der Waals surface area contributed by atoms with Gasteiger partial charge in [0.15, 0.2) is 0 Å². The summed E-state index contributed by atoms with van der Waals surface area (Å²) in [7, 11) is 0. The Labute approximate surface area is 131 Å². The lowest BCUT2D eigenvalue weighted by Crippen LogP contribution is -2.52. The molecule has 0 unspecified atom stereocenters. The first-order chi connectivity index (χ1) is 10.1. The van der Waals surface area contributed by atoms with Crippen molar-refractivity contribution in [2.75, 3.05) is 29.4 Å². The molecule has 1 atom stereocenters. The number of hydrogen-bond acceptors (Lipinski definition) is 5. The molecule has 2 aromatic heterocycles. The fourth-order valence-electron chi connectivity index (χ4n) is 2.54. The summed E-state index contributed by atoms with van der Waals surface area (Å²) in [6, 6.07) is 3.45. The van der Waals surface area contributed by atoms with E-state index < -0.39 is 5.95 Å². The summed E-state index contributed by atoms with van der Waals surface area (Å²) >= 11 is 3.29. The molecule has 2 aromatic rings. The van der Waals surface area contributed by atoms with Crippen LogP contribution in [0.15, 0.2) is 35.3 Å². The van der Waals surface area contributed by atoms with Crippen LogP contribution in [0.3, 0.4) is 0 Å². The molecule has 0 aromatic carbocycles. The van der Waals surface area contributed by atoms with Crippen LogP contribution >= 0.6 is 15.9 Å². The maximum absolute atomic E-state index is 12.9. The Hall–Kier alpha value is -1.76. The van der Waals surface area contributed by atoms with Crippen LogP contribution in [0.4, 0.5) is 15.9 Å². The van der Waals surface area contributed by atoms with Crippen LogP contribution in [-0.4, -0.2) is 40.6 Å². The average molecular weight is 352 g/mol. The number of pyridine rings is 1. The first-order valence-corrected chi connectivity index (χ1v) is 7.53. The summed E-state index contributed by atoms with van der Waals surface area (Å²) in [5.41, 5.74) is 0.949. The molecule has 3 rings (SSSR count). The zero-order valence-electron chi connectivity index (χ0n) is 11.6. The lowest BCUT2D eigenvalue weighted by Gasteiger charge is -2.41. The number of nitrogens with zero attached hydrogens (tertiary/aromatic N) is 5. The standard InChI is InChI=1S/C14H15BrFN5/c1-10-9-20(11-2-3-13(16)18-6-11)4-5-21(10)14-8-17-12(15)7-19-14/h2-3,6-8,10H,4-5,9H2,1H3/t10-/m0/s1. The zero-order valence-corrected chi connectivity index (χ0v) is 13.2. The zero-order chi connectivity index (χ0) is 14.8. The third kappa shape index (κ3) is 3.12. The van der Waals surface area contributed by atoms with Crippen LogP contribution in [0.5, 0.6) is 0 Å². The van der Waals surface area contributed by atoms with Gasteiger partial charge in [-0.05, 0) is 35.0 Å². The number of halogens is 2. The molecule has 110 valence electrons. The monoisotopic (exact) mass is 351 g/mol. The first kappa shape index (κ1) is 14.2. The maximum Gasteiger partial charge on any atom is 0.212 e. The summed E-state index contributed by atoms with van der Waals surface area (Å²) < 4.78 is 13.6. The molecule has 0 N–H and O–H groups in total. The molecule has 0 aliphatic carbocycles. The third-order valence-corrected chi connectivity index (χ3v) is 4.01. The molecule has 0 saturated carbocycles. The fourth-order valence-corrected chi connectivity index (χ4v) is 2.75. The summed E-state index contributed by atoms with van der Waals surface area (Å²) in [6.07, 6.45) is 5.06. The Bertz CT molecular complexity index is 604. The smallest absolute Gasteiger partial charge is 0.212 e. The summed E-state index contributed by atoms with van der Waals surface area (Å²) in [6.45, 7) is 4.67. The van der Waals surface area contributed by atoms with E-state index in [-0.39, 0.29) is 0 Å². The van der Waals surface area contributed by atoms with Crippen LogP contribution in [0.2, 0.25) is 0 Å². The lowest BCUT2D eigenvalue weighted by molar-refractivity contribution is 0.542. The molecule has 5 nitrogen and oxygen atoms in total. The normalized spacial score (nSPS) is 18.9. The second-order valence-electron chi connectivity index (χ2n) is 5.02. The van der Waals surface area contributed by atoms with Gasteiger partial charge in [0.25, 0.3) is 0 Å². The minimum Gasteiger partial charge on any atom is -0.366 e. The summed E-state index contributed by atoms with van der Waals surface area (Å²) in [4.78, 5) is 16.8.